The van der Waals surface area contributed by atoms with E-state index in [9.17, 15) is 0 Å². The molecule has 0 aromatic rings. The lowest BCUT2D eigenvalue weighted by molar-refractivity contribution is 0.298. The van der Waals surface area contributed by atoms with Gasteiger partial charge in [0.05, 0.1) is 0 Å². The molecule has 0 aromatic heterocycles. The Hall–Kier alpha value is -0.0800. The van der Waals surface area contributed by atoms with Crippen molar-refractivity contribution in [3.05, 3.63) is 0 Å². The lowest BCUT2D eigenvalue weighted by Gasteiger charge is -2.24. The Morgan fingerprint density at radius 1 is 1.25 bits per heavy atom. The molecule has 2 aliphatic rings. The summed E-state index contributed by atoms with van der Waals surface area (Å²) in [6, 6.07) is 1.43. The van der Waals surface area contributed by atoms with Crippen LogP contribution in [0, 0.1) is 11.8 Å². The van der Waals surface area contributed by atoms with Gasteiger partial charge in [0, 0.05) is 25.2 Å². The van der Waals surface area contributed by atoms with Crippen LogP contribution < -0.4 is 5.32 Å². The molecular weight excluding hydrogens is 196 g/mol. The maximum absolute atomic E-state index is 3.81. The summed E-state index contributed by atoms with van der Waals surface area (Å²) < 4.78 is 0. The van der Waals surface area contributed by atoms with Crippen LogP contribution in [0.1, 0.15) is 46.5 Å². The molecule has 1 heterocycles. The highest BCUT2D eigenvalue weighted by Crippen LogP contribution is 2.30. The van der Waals surface area contributed by atoms with Gasteiger partial charge < -0.3 is 10.2 Å². The Labute approximate surface area is 101 Å². The van der Waals surface area contributed by atoms with Crippen molar-refractivity contribution in [2.24, 2.45) is 11.8 Å². The van der Waals surface area contributed by atoms with Crippen LogP contribution in [0.2, 0.25) is 0 Å². The monoisotopic (exact) mass is 224 g/mol. The summed E-state index contributed by atoms with van der Waals surface area (Å²) in [7, 11) is 0. The Morgan fingerprint density at radius 2 is 2.00 bits per heavy atom. The van der Waals surface area contributed by atoms with Crippen molar-refractivity contribution >= 4 is 0 Å². The van der Waals surface area contributed by atoms with Crippen molar-refractivity contribution in [2.45, 2.75) is 58.5 Å². The molecule has 0 amide bonds. The molecule has 3 unspecified atom stereocenters. The average molecular weight is 224 g/mol. The van der Waals surface area contributed by atoms with Crippen LogP contribution in [0.3, 0.4) is 0 Å². The molecule has 2 heteroatoms. The van der Waals surface area contributed by atoms with Crippen LogP contribution in [-0.4, -0.2) is 36.6 Å². The van der Waals surface area contributed by atoms with Crippen LogP contribution in [0.15, 0.2) is 0 Å². The van der Waals surface area contributed by atoms with Gasteiger partial charge in [0.1, 0.15) is 0 Å². The molecule has 94 valence electrons. The Bertz CT molecular complexity index is 213. The molecule has 1 aliphatic heterocycles. The van der Waals surface area contributed by atoms with Crippen LogP contribution in [-0.2, 0) is 0 Å². The van der Waals surface area contributed by atoms with E-state index in [2.05, 4.69) is 31.0 Å². The molecule has 2 nitrogen and oxygen atoms in total. The second-order valence-corrected chi connectivity index (χ2v) is 6.03. The molecular formula is C14H28N2. The highest BCUT2D eigenvalue weighted by atomic mass is 15.2. The Balaban J connectivity index is 1.67. The zero-order valence-electron chi connectivity index (χ0n) is 11.2. The third-order valence-electron chi connectivity index (χ3n) is 4.48. The fraction of sp³-hybridized carbons (Fsp3) is 1.00. The standard InChI is InChI=1S/C14H28N2/c1-4-11(2)12(3)15-14-7-8-16(10-14)9-13-5-6-13/h11-15H,4-10H2,1-3H3. The maximum Gasteiger partial charge on any atom is 0.0209 e. The van der Waals surface area contributed by atoms with E-state index in [1.807, 2.05) is 0 Å². The SMILES string of the molecule is CCC(C)C(C)NC1CCN(CC2CC2)C1. The van der Waals surface area contributed by atoms with Crippen LogP contribution >= 0.6 is 0 Å². The van der Waals surface area contributed by atoms with Crippen molar-refractivity contribution < 1.29 is 0 Å². The first-order valence-electron chi connectivity index (χ1n) is 7.17. The summed E-state index contributed by atoms with van der Waals surface area (Å²) >= 11 is 0. The number of nitrogens with one attached hydrogen (secondary N) is 1. The molecule has 2 fully saturated rings. The number of likely N-dealkylation sites (tertiary alicyclic amines) is 1. The molecule has 2 rings (SSSR count). The fourth-order valence-electron chi connectivity index (χ4n) is 2.69. The van der Waals surface area contributed by atoms with Gasteiger partial charge in [0.2, 0.25) is 0 Å². The van der Waals surface area contributed by atoms with E-state index in [1.165, 1.54) is 45.3 Å². The minimum atomic E-state index is 0.677. The summed E-state index contributed by atoms with van der Waals surface area (Å²) in [5.74, 6) is 1.85. The van der Waals surface area contributed by atoms with E-state index in [0.29, 0.717) is 6.04 Å². The van der Waals surface area contributed by atoms with Crippen molar-refractivity contribution in [3.63, 3.8) is 0 Å². The van der Waals surface area contributed by atoms with Crippen LogP contribution in [0.4, 0.5) is 0 Å². The minimum Gasteiger partial charge on any atom is -0.310 e. The first-order chi connectivity index (χ1) is 7.69. The third kappa shape index (κ3) is 3.46. The summed E-state index contributed by atoms with van der Waals surface area (Å²) in [5, 5.41) is 3.81. The smallest absolute Gasteiger partial charge is 0.0209 e. The molecule has 0 spiro atoms. The zero-order valence-corrected chi connectivity index (χ0v) is 11.2. The Kier molecular flexibility index (Phi) is 4.26. The van der Waals surface area contributed by atoms with Gasteiger partial charge >= 0.3 is 0 Å². The molecule has 16 heavy (non-hydrogen) atoms. The Morgan fingerprint density at radius 3 is 2.62 bits per heavy atom. The normalized spacial score (nSPS) is 30.6. The molecule has 1 aliphatic carbocycles. The van der Waals surface area contributed by atoms with E-state index in [1.54, 1.807) is 0 Å². The van der Waals surface area contributed by atoms with Gasteiger partial charge in [-0.05, 0) is 44.6 Å². The molecule has 0 aromatic carbocycles. The van der Waals surface area contributed by atoms with E-state index in [-0.39, 0.29) is 0 Å². The van der Waals surface area contributed by atoms with Crippen molar-refractivity contribution in [1.82, 2.24) is 10.2 Å². The summed E-state index contributed by atoms with van der Waals surface area (Å²) in [4.78, 5) is 2.67. The first kappa shape index (κ1) is 12.4. The predicted molar refractivity (Wildman–Crippen MR) is 69.6 cm³/mol. The molecule has 1 N–H and O–H groups in total. The van der Waals surface area contributed by atoms with Gasteiger partial charge in [-0.25, -0.2) is 0 Å². The largest absolute Gasteiger partial charge is 0.310 e. The highest BCUT2D eigenvalue weighted by molar-refractivity contribution is 4.87. The fourth-order valence-corrected chi connectivity index (χ4v) is 2.69. The number of rotatable bonds is 6. The van der Waals surface area contributed by atoms with Crippen LogP contribution in [0.5, 0.6) is 0 Å². The molecule has 1 saturated carbocycles. The van der Waals surface area contributed by atoms with Gasteiger partial charge in [0.25, 0.3) is 0 Å². The number of nitrogens with zero attached hydrogens (tertiary/aromatic N) is 1. The van der Waals surface area contributed by atoms with E-state index < -0.39 is 0 Å². The summed E-state index contributed by atoms with van der Waals surface area (Å²) in [5.41, 5.74) is 0. The van der Waals surface area contributed by atoms with E-state index >= 15 is 0 Å². The quantitative estimate of drug-likeness (QED) is 0.746. The van der Waals surface area contributed by atoms with Crippen molar-refractivity contribution in [1.29, 1.82) is 0 Å². The van der Waals surface area contributed by atoms with E-state index in [4.69, 9.17) is 0 Å². The third-order valence-corrected chi connectivity index (χ3v) is 4.48. The lowest BCUT2D eigenvalue weighted by Crippen LogP contribution is -2.41. The topological polar surface area (TPSA) is 15.3 Å². The van der Waals surface area contributed by atoms with Gasteiger partial charge in [-0.1, -0.05) is 20.3 Å². The molecule has 1 saturated heterocycles. The van der Waals surface area contributed by atoms with Crippen molar-refractivity contribution in [2.75, 3.05) is 19.6 Å². The van der Waals surface area contributed by atoms with Crippen LogP contribution in [0.25, 0.3) is 0 Å². The summed E-state index contributed by atoms with van der Waals surface area (Å²) in [6.45, 7) is 11.0. The van der Waals surface area contributed by atoms with Gasteiger partial charge in [-0.3, -0.25) is 0 Å². The van der Waals surface area contributed by atoms with Gasteiger partial charge in [-0.2, -0.15) is 0 Å². The van der Waals surface area contributed by atoms with Crippen molar-refractivity contribution in [3.8, 4) is 0 Å². The minimum absolute atomic E-state index is 0.677. The maximum atomic E-state index is 3.81. The molecule has 3 atom stereocenters. The van der Waals surface area contributed by atoms with E-state index in [0.717, 1.165) is 17.9 Å². The molecule has 0 radical (unpaired) electrons. The average Bonchev–Trinajstić information content (AvgIpc) is 2.97. The first-order valence-corrected chi connectivity index (χ1v) is 7.17. The predicted octanol–water partition coefficient (Wildman–Crippen LogP) is 2.49. The summed E-state index contributed by atoms with van der Waals surface area (Å²) in [6.07, 6.45) is 5.61. The van der Waals surface area contributed by atoms with Gasteiger partial charge in [-0.15, -0.1) is 0 Å². The molecule has 0 bridgehead atoms. The highest BCUT2D eigenvalue weighted by Gasteiger charge is 2.29. The lowest BCUT2D eigenvalue weighted by atomic mass is 10.00. The second kappa shape index (κ2) is 5.50. The zero-order chi connectivity index (χ0) is 11.5. The van der Waals surface area contributed by atoms with Gasteiger partial charge in [0.15, 0.2) is 0 Å². The number of hydrogen-bond acceptors (Lipinski definition) is 2. The number of hydrogen-bond donors (Lipinski definition) is 1. The second-order valence-electron chi connectivity index (χ2n) is 6.03.